The minimum absolute atomic E-state index is 0.0664. The van der Waals surface area contributed by atoms with Gasteiger partial charge >= 0.3 is 5.97 Å². The van der Waals surface area contributed by atoms with Crippen LogP contribution in [0.25, 0.3) is 0 Å². The first-order valence-electron chi connectivity index (χ1n) is 7.17. The van der Waals surface area contributed by atoms with Crippen LogP contribution in [0.3, 0.4) is 0 Å². The first-order valence-corrected chi connectivity index (χ1v) is 7.17. The average molecular weight is 253 g/mol. The Morgan fingerprint density at radius 2 is 1.83 bits per heavy atom. The van der Waals surface area contributed by atoms with Gasteiger partial charge in [-0.25, -0.2) is 0 Å². The number of carboxylic acids is 1. The summed E-state index contributed by atoms with van der Waals surface area (Å²) in [5.74, 6) is -0.173. The van der Waals surface area contributed by atoms with Gasteiger partial charge in [0.1, 0.15) is 0 Å². The third kappa shape index (κ3) is 4.00. The van der Waals surface area contributed by atoms with E-state index in [9.17, 15) is 9.59 Å². The summed E-state index contributed by atoms with van der Waals surface area (Å²) < 4.78 is 0. The van der Waals surface area contributed by atoms with Gasteiger partial charge in [-0.1, -0.05) is 19.3 Å². The minimum Gasteiger partial charge on any atom is -0.481 e. The summed E-state index contributed by atoms with van der Waals surface area (Å²) in [4.78, 5) is 22.9. The van der Waals surface area contributed by atoms with Crippen LogP contribution in [-0.2, 0) is 9.59 Å². The number of nitrogens with one attached hydrogen (secondary N) is 1. The Balaban J connectivity index is 1.65. The van der Waals surface area contributed by atoms with Crippen molar-refractivity contribution >= 4 is 11.9 Å². The van der Waals surface area contributed by atoms with Crippen LogP contribution in [0.2, 0.25) is 0 Å². The number of aliphatic carboxylic acids is 1. The van der Waals surface area contributed by atoms with Crippen LogP contribution in [-0.4, -0.2) is 23.5 Å². The highest BCUT2D eigenvalue weighted by molar-refractivity contribution is 5.80. The average Bonchev–Trinajstić information content (AvgIpc) is 3.18. The van der Waals surface area contributed by atoms with Gasteiger partial charge in [0.15, 0.2) is 0 Å². The number of carbonyl (C=O) groups is 2. The maximum Gasteiger partial charge on any atom is 0.306 e. The first-order chi connectivity index (χ1) is 8.66. The van der Waals surface area contributed by atoms with Crippen molar-refractivity contribution in [3.8, 4) is 0 Å². The number of carboxylic acid groups (broad SMARTS) is 1. The van der Waals surface area contributed by atoms with Gasteiger partial charge in [-0.2, -0.15) is 0 Å². The molecule has 0 bridgehead atoms. The lowest BCUT2D eigenvalue weighted by molar-refractivity contribution is -0.144. The Hall–Kier alpha value is -1.06. The van der Waals surface area contributed by atoms with Gasteiger partial charge in [0.25, 0.3) is 0 Å². The largest absolute Gasteiger partial charge is 0.481 e. The Bertz CT molecular complexity index is 312. The standard InChI is InChI=1S/C14H23NO3/c16-13(15-8-2-3-10-6-7-10)11-4-1-5-12(9-11)14(17)18/h10-12H,1-9H2,(H,15,16)(H,17,18). The van der Waals surface area contributed by atoms with Crippen LogP contribution in [0.5, 0.6) is 0 Å². The molecule has 0 aliphatic heterocycles. The quantitative estimate of drug-likeness (QED) is 0.713. The molecule has 2 saturated carbocycles. The molecule has 2 unspecified atom stereocenters. The molecule has 0 aromatic heterocycles. The van der Waals surface area contributed by atoms with E-state index < -0.39 is 5.97 Å². The van der Waals surface area contributed by atoms with Gasteiger partial charge in [0.2, 0.25) is 5.91 Å². The number of amides is 1. The van der Waals surface area contributed by atoms with Gasteiger partial charge in [-0.15, -0.1) is 0 Å². The summed E-state index contributed by atoms with van der Waals surface area (Å²) in [5, 5.41) is 12.0. The molecule has 0 radical (unpaired) electrons. The second-order valence-electron chi connectivity index (χ2n) is 5.78. The second kappa shape index (κ2) is 6.21. The lowest BCUT2D eigenvalue weighted by Gasteiger charge is -2.25. The molecule has 0 aromatic rings. The van der Waals surface area contributed by atoms with E-state index in [1.807, 2.05) is 0 Å². The van der Waals surface area contributed by atoms with E-state index in [0.29, 0.717) is 6.42 Å². The molecule has 1 amide bonds. The number of hydrogen-bond donors (Lipinski definition) is 2. The first kappa shape index (κ1) is 13.4. The third-order valence-electron chi connectivity index (χ3n) is 4.18. The zero-order chi connectivity index (χ0) is 13.0. The van der Waals surface area contributed by atoms with Crippen LogP contribution < -0.4 is 5.32 Å². The van der Waals surface area contributed by atoms with E-state index in [1.165, 1.54) is 19.3 Å². The Labute approximate surface area is 108 Å². The third-order valence-corrected chi connectivity index (χ3v) is 4.18. The van der Waals surface area contributed by atoms with Crippen molar-refractivity contribution in [2.24, 2.45) is 17.8 Å². The summed E-state index contributed by atoms with van der Waals surface area (Å²) in [6.07, 6.45) is 7.95. The smallest absolute Gasteiger partial charge is 0.306 e. The number of rotatable bonds is 6. The molecule has 2 atom stereocenters. The highest BCUT2D eigenvalue weighted by Crippen LogP contribution is 2.33. The minimum atomic E-state index is -0.749. The zero-order valence-corrected chi connectivity index (χ0v) is 10.9. The molecule has 102 valence electrons. The fraction of sp³-hybridized carbons (Fsp3) is 0.857. The maximum absolute atomic E-state index is 11.9. The van der Waals surface area contributed by atoms with E-state index in [4.69, 9.17) is 5.11 Å². The maximum atomic E-state index is 11.9. The molecule has 2 rings (SSSR count). The summed E-state index contributed by atoms with van der Waals surface area (Å²) in [6, 6.07) is 0. The van der Waals surface area contributed by atoms with Crippen LogP contribution >= 0.6 is 0 Å². The molecule has 0 spiro atoms. The van der Waals surface area contributed by atoms with Crippen LogP contribution in [0.1, 0.15) is 51.4 Å². The molecule has 2 N–H and O–H groups in total. The molecule has 2 aliphatic rings. The molecule has 4 nitrogen and oxygen atoms in total. The van der Waals surface area contributed by atoms with Crippen molar-refractivity contribution in [3.63, 3.8) is 0 Å². The van der Waals surface area contributed by atoms with Crippen molar-refractivity contribution in [2.75, 3.05) is 6.54 Å². The molecule has 4 heteroatoms. The van der Waals surface area contributed by atoms with Gasteiger partial charge in [0.05, 0.1) is 5.92 Å². The van der Waals surface area contributed by atoms with E-state index in [-0.39, 0.29) is 17.7 Å². The van der Waals surface area contributed by atoms with Crippen molar-refractivity contribution < 1.29 is 14.7 Å². The van der Waals surface area contributed by atoms with Crippen LogP contribution in [0.4, 0.5) is 0 Å². The SMILES string of the molecule is O=C(O)C1CCCC(C(=O)NCCCC2CC2)C1. The Kier molecular flexibility index (Phi) is 4.61. The predicted octanol–water partition coefficient (Wildman–Crippen LogP) is 2.18. The van der Waals surface area contributed by atoms with Crippen molar-refractivity contribution in [1.29, 1.82) is 0 Å². The van der Waals surface area contributed by atoms with Gasteiger partial charge < -0.3 is 10.4 Å². The lowest BCUT2D eigenvalue weighted by Crippen LogP contribution is -2.35. The fourth-order valence-electron chi connectivity index (χ4n) is 2.81. The van der Waals surface area contributed by atoms with E-state index in [1.54, 1.807) is 0 Å². The van der Waals surface area contributed by atoms with Gasteiger partial charge in [-0.3, -0.25) is 9.59 Å². The Morgan fingerprint density at radius 1 is 1.11 bits per heavy atom. The summed E-state index contributed by atoms with van der Waals surface area (Å²) in [5.41, 5.74) is 0. The van der Waals surface area contributed by atoms with Crippen molar-refractivity contribution in [2.45, 2.75) is 51.4 Å². The summed E-state index contributed by atoms with van der Waals surface area (Å²) in [6.45, 7) is 0.754. The molecule has 0 saturated heterocycles. The normalized spacial score (nSPS) is 27.8. The molecule has 2 aliphatic carbocycles. The summed E-state index contributed by atoms with van der Waals surface area (Å²) in [7, 11) is 0. The van der Waals surface area contributed by atoms with Gasteiger partial charge in [-0.05, 0) is 38.0 Å². The van der Waals surface area contributed by atoms with Crippen molar-refractivity contribution in [3.05, 3.63) is 0 Å². The molecular weight excluding hydrogens is 230 g/mol. The lowest BCUT2D eigenvalue weighted by atomic mass is 9.81. The Morgan fingerprint density at radius 3 is 2.50 bits per heavy atom. The highest BCUT2D eigenvalue weighted by Gasteiger charge is 2.30. The molecule has 2 fully saturated rings. The van der Waals surface area contributed by atoms with E-state index in [0.717, 1.165) is 38.1 Å². The highest BCUT2D eigenvalue weighted by atomic mass is 16.4. The molecular formula is C14H23NO3. The summed E-state index contributed by atoms with van der Waals surface area (Å²) >= 11 is 0. The molecule has 0 heterocycles. The molecule has 18 heavy (non-hydrogen) atoms. The topological polar surface area (TPSA) is 66.4 Å². The fourth-order valence-corrected chi connectivity index (χ4v) is 2.81. The zero-order valence-electron chi connectivity index (χ0n) is 10.9. The van der Waals surface area contributed by atoms with E-state index >= 15 is 0 Å². The van der Waals surface area contributed by atoms with Crippen LogP contribution in [0.15, 0.2) is 0 Å². The van der Waals surface area contributed by atoms with Gasteiger partial charge in [0, 0.05) is 12.5 Å². The number of carbonyl (C=O) groups excluding carboxylic acids is 1. The van der Waals surface area contributed by atoms with E-state index in [2.05, 4.69) is 5.32 Å². The number of hydrogen-bond acceptors (Lipinski definition) is 2. The monoisotopic (exact) mass is 253 g/mol. The second-order valence-corrected chi connectivity index (χ2v) is 5.78. The molecule has 0 aromatic carbocycles. The van der Waals surface area contributed by atoms with Crippen LogP contribution in [0, 0.1) is 17.8 Å². The predicted molar refractivity (Wildman–Crippen MR) is 68.1 cm³/mol. The van der Waals surface area contributed by atoms with Crippen molar-refractivity contribution in [1.82, 2.24) is 5.32 Å².